The second-order valence-electron chi connectivity index (χ2n) is 4.02. The molecule has 6 nitrogen and oxygen atoms in total. The zero-order valence-electron chi connectivity index (χ0n) is 9.85. The van der Waals surface area contributed by atoms with Crippen molar-refractivity contribution >= 4 is 18.1 Å². The molecular weight excluding hydrogens is 266 g/mol. The summed E-state index contributed by atoms with van der Waals surface area (Å²) in [6.07, 6.45) is 0.513. The Morgan fingerprint density at radius 3 is 2.42 bits per heavy atom. The van der Waals surface area contributed by atoms with E-state index in [-0.39, 0.29) is 0 Å². The van der Waals surface area contributed by atoms with Gasteiger partial charge in [-0.1, -0.05) is 12.1 Å². The normalized spacial score (nSPS) is 14.0. The summed E-state index contributed by atoms with van der Waals surface area (Å²) in [6, 6.07) is 6.63. The number of hydrogen-bond acceptors (Lipinski definition) is 4. The minimum atomic E-state index is -1.62. The van der Waals surface area contributed by atoms with Crippen molar-refractivity contribution in [2.24, 2.45) is 5.73 Å². The summed E-state index contributed by atoms with van der Waals surface area (Å²) < 4.78 is 2.29. The molecule has 0 fully saturated rings. The quantitative estimate of drug-likeness (QED) is 0.609. The molecular formula is C12H13N3O3S. The van der Waals surface area contributed by atoms with Gasteiger partial charge in [0, 0.05) is 18.1 Å². The molecule has 0 saturated heterocycles. The van der Waals surface area contributed by atoms with Crippen molar-refractivity contribution in [2.75, 3.05) is 0 Å². The van der Waals surface area contributed by atoms with Crippen molar-refractivity contribution in [3.05, 3.63) is 47.0 Å². The predicted molar refractivity (Wildman–Crippen MR) is 71.1 cm³/mol. The molecule has 2 atom stereocenters. The largest absolute Gasteiger partial charge is 0.385 e. The highest BCUT2D eigenvalue weighted by molar-refractivity contribution is 7.71. The highest BCUT2D eigenvalue weighted by Crippen LogP contribution is 2.19. The van der Waals surface area contributed by atoms with Gasteiger partial charge in [-0.2, -0.15) is 0 Å². The number of imidazole rings is 1. The number of primary amides is 1. The molecule has 0 spiro atoms. The van der Waals surface area contributed by atoms with Gasteiger partial charge in [0.2, 0.25) is 5.91 Å². The van der Waals surface area contributed by atoms with E-state index in [1.165, 1.54) is 0 Å². The molecule has 0 aliphatic rings. The molecule has 0 aliphatic heterocycles. The van der Waals surface area contributed by atoms with Gasteiger partial charge >= 0.3 is 0 Å². The van der Waals surface area contributed by atoms with Gasteiger partial charge in [-0.25, -0.2) is 0 Å². The Balaban J connectivity index is 2.26. The number of amides is 1. The number of hydrogen-bond donors (Lipinski definition) is 4. The molecule has 0 radical (unpaired) electrons. The lowest BCUT2D eigenvalue weighted by Gasteiger charge is -2.15. The molecule has 1 heterocycles. The van der Waals surface area contributed by atoms with Crippen molar-refractivity contribution in [3.63, 3.8) is 0 Å². The first-order valence-electron chi connectivity index (χ1n) is 5.52. The molecule has 2 unspecified atom stereocenters. The van der Waals surface area contributed by atoms with Crippen LogP contribution in [0.25, 0.3) is 5.69 Å². The molecule has 0 aliphatic carbocycles. The van der Waals surface area contributed by atoms with E-state index < -0.39 is 18.1 Å². The van der Waals surface area contributed by atoms with Crippen LogP contribution in [0.4, 0.5) is 0 Å². The number of aliphatic hydroxyl groups is 2. The van der Waals surface area contributed by atoms with Crippen LogP contribution < -0.4 is 5.73 Å². The van der Waals surface area contributed by atoms with Crippen molar-refractivity contribution in [2.45, 2.75) is 12.2 Å². The fourth-order valence-corrected chi connectivity index (χ4v) is 1.93. The zero-order chi connectivity index (χ0) is 14.0. The van der Waals surface area contributed by atoms with Crippen LogP contribution >= 0.6 is 12.2 Å². The van der Waals surface area contributed by atoms with E-state index in [2.05, 4.69) is 4.98 Å². The Morgan fingerprint density at radius 1 is 1.32 bits per heavy atom. The van der Waals surface area contributed by atoms with Crippen LogP contribution in [0.3, 0.4) is 0 Å². The molecule has 19 heavy (non-hydrogen) atoms. The lowest BCUT2D eigenvalue weighted by atomic mass is 10.0. The number of aliphatic hydroxyl groups excluding tert-OH is 2. The summed E-state index contributed by atoms with van der Waals surface area (Å²) in [6.45, 7) is 0. The Kier molecular flexibility index (Phi) is 3.79. The number of benzene rings is 1. The highest BCUT2D eigenvalue weighted by atomic mass is 32.1. The fourth-order valence-electron chi connectivity index (χ4n) is 1.69. The van der Waals surface area contributed by atoms with E-state index in [0.717, 1.165) is 5.69 Å². The molecule has 100 valence electrons. The summed E-state index contributed by atoms with van der Waals surface area (Å²) in [5, 5.41) is 19.1. The molecule has 0 bridgehead atoms. The minimum Gasteiger partial charge on any atom is -0.385 e. The molecule has 2 rings (SSSR count). The van der Waals surface area contributed by atoms with Gasteiger partial charge in [0.05, 0.1) is 0 Å². The van der Waals surface area contributed by atoms with Crippen LogP contribution in [-0.4, -0.2) is 31.8 Å². The predicted octanol–water partition coefficient (Wildman–Crippen LogP) is 0.414. The van der Waals surface area contributed by atoms with Crippen molar-refractivity contribution < 1.29 is 15.0 Å². The first-order chi connectivity index (χ1) is 9.00. The molecule has 1 aromatic heterocycles. The van der Waals surface area contributed by atoms with Crippen LogP contribution in [0.1, 0.15) is 11.7 Å². The first-order valence-corrected chi connectivity index (χ1v) is 5.93. The molecule has 0 saturated carbocycles. The summed E-state index contributed by atoms with van der Waals surface area (Å²) in [5.41, 5.74) is 6.13. The van der Waals surface area contributed by atoms with Gasteiger partial charge in [0.1, 0.15) is 6.10 Å². The first kappa shape index (κ1) is 13.5. The van der Waals surface area contributed by atoms with Crippen LogP contribution in [0.2, 0.25) is 0 Å². The van der Waals surface area contributed by atoms with E-state index >= 15 is 0 Å². The SMILES string of the molecule is NC(=O)C(O)C(O)c1ccc(-n2cc[nH]c2=S)cc1. The van der Waals surface area contributed by atoms with E-state index in [0.29, 0.717) is 10.3 Å². The van der Waals surface area contributed by atoms with Crippen LogP contribution in [-0.2, 0) is 4.79 Å². The lowest BCUT2D eigenvalue weighted by molar-refractivity contribution is -0.131. The number of rotatable bonds is 4. The van der Waals surface area contributed by atoms with Gasteiger partial charge in [-0.3, -0.25) is 9.36 Å². The Morgan fingerprint density at radius 2 is 1.95 bits per heavy atom. The topological polar surface area (TPSA) is 104 Å². The van der Waals surface area contributed by atoms with Crippen molar-refractivity contribution in [3.8, 4) is 5.69 Å². The number of nitrogens with one attached hydrogen (secondary N) is 1. The second kappa shape index (κ2) is 5.35. The van der Waals surface area contributed by atoms with Crippen molar-refractivity contribution in [1.29, 1.82) is 0 Å². The van der Waals surface area contributed by atoms with Gasteiger partial charge < -0.3 is 20.9 Å². The number of carbonyl (C=O) groups excluding carboxylic acids is 1. The molecule has 1 aromatic carbocycles. The van der Waals surface area contributed by atoms with Crippen LogP contribution in [0.5, 0.6) is 0 Å². The Hall–Kier alpha value is -1.96. The molecule has 5 N–H and O–H groups in total. The third-order valence-electron chi connectivity index (χ3n) is 2.75. The third-order valence-corrected chi connectivity index (χ3v) is 3.07. The van der Waals surface area contributed by atoms with E-state index in [1.807, 2.05) is 0 Å². The van der Waals surface area contributed by atoms with Gasteiger partial charge in [-0.05, 0) is 29.9 Å². The Labute approximate surface area is 114 Å². The molecule has 1 amide bonds. The lowest BCUT2D eigenvalue weighted by Crippen LogP contribution is -2.33. The van der Waals surface area contributed by atoms with E-state index in [1.54, 1.807) is 41.2 Å². The maximum Gasteiger partial charge on any atom is 0.249 e. The molecule has 2 aromatic rings. The smallest absolute Gasteiger partial charge is 0.249 e. The third kappa shape index (κ3) is 2.73. The number of H-pyrrole nitrogens is 1. The number of aromatic amines is 1. The fraction of sp³-hybridized carbons (Fsp3) is 0.167. The number of carbonyl (C=O) groups is 1. The van der Waals surface area contributed by atoms with E-state index in [4.69, 9.17) is 18.0 Å². The minimum absolute atomic E-state index is 0.400. The van der Waals surface area contributed by atoms with Crippen molar-refractivity contribution in [1.82, 2.24) is 9.55 Å². The van der Waals surface area contributed by atoms with Gasteiger partial charge in [-0.15, -0.1) is 0 Å². The summed E-state index contributed by atoms with van der Waals surface area (Å²) in [5.74, 6) is -0.968. The van der Waals surface area contributed by atoms with E-state index in [9.17, 15) is 15.0 Å². The molecule has 7 heteroatoms. The summed E-state index contributed by atoms with van der Waals surface area (Å²) in [7, 11) is 0. The standard InChI is InChI=1S/C12H13N3O3S/c13-11(18)10(17)9(16)7-1-3-8(4-2-7)15-6-5-14-12(15)19/h1-6,9-10,16-17H,(H2,13,18)(H,14,19). The zero-order valence-corrected chi connectivity index (χ0v) is 10.7. The average molecular weight is 279 g/mol. The van der Waals surface area contributed by atoms with Gasteiger partial charge in [0.25, 0.3) is 0 Å². The number of aromatic nitrogens is 2. The average Bonchev–Trinajstić information content (AvgIpc) is 2.83. The highest BCUT2D eigenvalue weighted by Gasteiger charge is 2.23. The number of nitrogens with zero attached hydrogens (tertiary/aromatic N) is 1. The summed E-state index contributed by atoms with van der Waals surface area (Å²) >= 11 is 5.08. The van der Waals surface area contributed by atoms with Crippen LogP contribution in [0.15, 0.2) is 36.7 Å². The van der Waals surface area contributed by atoms with Crippen LogP contribution in [0, 0.1) is 4.77 Å². The monoisotopic (exact) mass is 279 g/mol. The summed E-state index contributed by atoms with van der Waals surface area (Å²) in [4.78, 5) is 13.7. The maximum absolute atomic E-state index is 10.8. The van der Waals surface area contributed by atoms with Gasteiger partial charge in [0.15, 0.2) is 10.9 Å². The second-order valence-corrected chi connectivity index (χ2v) is 4.41. The number of nitrogens with two attached hydrogens (primary N) is 1. The Bertz CT molecular complexity index is 632. The maximum atomic E-state index is 10.8.